The van der Waals surface area contributed by atoms with Gasteiger partial charge in [-0.1, -0.05) is 50.6 Å². The minimum Gasteiger partial charge on any atom is -0.353 e. The van der Waals surface area contributed by atoms with Gasteiger partial charge in [-0.3, -0.25) is 0 Å². The fraction of sp³-hybridized carbons (Fsp3) is 0.542. The Morgan fingerprint density at radius 1 is 1.13 bits per heavy atom. The summed E-state index contributed by atoms with van der Waals surface area (Å²) < 4.78 is 0. The minimum atomic E-state index is 0.0782. The molecule has 1 saturated heterocycles. The van der Waals surface area contributed by atoms with Gasteiger partial charge in [-0.05, 0) is 18.9 Å². The van der Waals surface area contributed by atoms with Crippen LogP contribution in [-0.4, -0.2) is 66.1 Å². The largest absolute Gasteiger partial charge is 0.353 e. The molecule has 6 heteroatoms. The molecule has 0 N–H and O–H groups in total. The zero-order valence-electron chi connectivity index (χ0n) is 19.3. The highest BCUT2D eigenvalue weighted by atomic mass is 16.2. The highest BCUT2D eigenvalue weighted by Crippen LogP contribution is 2.28. The summed E-state index contributed by atoms with van der Waals surface area (Å²) >= 11 is 0. The van der Waals surface area contributed by atoms with Crippen molar-refractivity contribution in [2.24, 2.45) is 0 Å². The van der Waals surface area contributed by atoms with E-state index in [1.54, 1.807) is 4.90 Å². The SMILES string of the molecule is CCc1nc(C(C)C)nc(N2CCN(C(=O)N(C)C)CC2)c1Cc1cccc(C)c1. The van der Waals surface area contributed by atoms with E-state index in [0.29, 0.717) is 13.1 Å². The van der Waals surface area contributed by atoms with E-state index < -0.39 is 0 Å². The molecule has 1 aromatic carbocycles. The summed E-state index contributed by atoms with van der Waals surface area (Å²) in [6.07, 6.45) is 1.71. The Kier molecular flexibility index (Phi) is 6.95. The van der Waals surface area contributed by atoms with E-state index in [1.807, 2.05) is 19.0 Å². The molecule has 0 radical (unpaired) electrons. The first-order chi connectivity index (χ1) is 14.3. The third-order valence-electron chi connectivity index (χ3n) is 5.64. The van der Waals surface area contributed by atoms with Crippen molar-refractivity contribution in [3.63, 3.8) is 0 Å². The lowest BCUT2D eigenvalue weighted by atomic mass is 10.00. The van der Waals surface area contributed by atoms with E-state index in [0.717, 1.165) is 43.3 Å². The maximum atomic E-state index is 12.3. The second-order valence-electron chi connectivity index (χ2n) is 8.66. The molecule has 2 aromatic rings. The Morgan fingerprint density at radius 2 is 1.83 bits per heavy atom. The molecule has 30 heavy (non-hydrogen) atoms. The standard InChI is InChI=1S/C24H35N5O/c1-7-21-20(16-19-10-8-9-18(4)15-19)23(26-22(25-21)17(2)3)28-11-13-29(14-12-28)24(30)27(5)6/h8-10,15,17H,7,11-14,16H2,1-6H3. The van der Waals surface area contributed by atoms with Crippen LogP contribution in [0.2, 0.25) is 0 Å². The van der Waals surface area contributed by atoms with Crippen molar-refractivity contribution in [1.82, 2.24) is 19.8 Å². The number of anilines is 1. The lowest BCUT2D eigenvalue weighted by molar-refractivity contribution is 0.168. The lowest BCUT2D eigenvalue weighted by Crippen LogP contribution is -2.52. The zero-order chi connectivity index (χ0) is 21.8. The molecule has 1 aliphatic rings. The molecular weight excluding hydrogens is 374 g/mol. The highest BCUT2D eigenvalue weighted by Gasteiger charge is 2.26. The van der Waals surface area contributed by atoms with Crippen molar-refractivity contribution in [1.29, 1.82) is 0 Å². The second kappa shape index (κ2) is 9.45. The maximum Gasteiger partial charge on any atom is 0.319 e. The van der Waals surface area contributed by atoms with Crippen LogP contribution in [0.3, 0.4) is 0 Å². The zero-order valence-corrected chi connectivity index (χ0v) is 19.3. The highest BCUT2D eigenvalue weighted by molar-refractivity contribution is 5.74. The average Bonchev–Trinajstić information content (AvgIpc) is 2.73. The summed E-state index contributed by atoms with van der Waals surface area (Å²) in [5.41, 5.74) is 4.91. The molecule has 162 valence electrons. The van der Waals surface area contributed by atoms with Crippen molar-refractivity contribution in [3.8, 4) is 0 Å². The molecule has 1 aliphatic heterocycles. The van der Waals surface area contributed by atoms with Gasteiger partial charge in [0.1, 0.15) is 11.6 Å². The van der Waals surface area contributed by atoms with Crippen molar-refractivity contribution in [2.75, 3.05) is 45.2 Å². The van der Waals surface area contributed by atoms with Gasteiger partial charge in [0, 0.05) is 63.9 Å². The summed E-state index contributed by atoms with van der Waals surface area (Å²) in [6.45, 7) is 11.6. The first-order valence-electron chi connectivity index (χ1n) is 11.0. The molecule has 1 fully saturated rings. The van der Waals surface area contributed by atoms with Gasteiger partial charge >= 0.3 is 6.03 Å². The van der Waals surface area contributed by atoms with Gasteiger partial charge in [-0.25, -0.2) is 14.8 Å². The van der Waals surface area contributed by atoms with Crippen molar-refractivity contribution < 1.29 is 4.79 Å². The number of carbonyl (C=O) groups excluding carboxylic acids is 1. The molecule has 2 heterocycles. The third-order valence-corrected chi connectivity index (χ3v) is 5.64. The summed E-state index contributed by atoms with van der Waals surface area (Å²) in [5, 5.41) is 0. The molecular formula is C24H35N5O. The summed E-state index contributed by atoms with van der Waals surface area (Å²) in [7, 11) is 3.61. The van der Waals surface area contributed by atoms with Gasteiger partial charge in [-0.15, -0.1) is 0 Å². The Hall–Kier alpha value is -2.63. The van der Waals surface area contributed by atoms with Crippen LogP contribution >= 0.6 is 0 Å². The normalized spacial score (nSPS) is 14.4. The first kappa shape index (κ1) is 22.1. The predicted octanol–water partition coefficient (Wildman–Crippen LogP) is 3.87. The minimum absolute atomic E-state index is 0.0782. The van der Waals surface area contributed by atoms with Crippen LogP contribution in [0.1, 0.15) is 54.9 Å². The predicted molar refractivity (Wildman–Crippen MR) is 122 cm³/mol. The number of nitrogens with zero attached hydrogens (tertiary/aromatic N) is 5. The van der Waals surface area contributed by atoms with E-state index >= 15 is 0 Å². The van der Waals surface area contributed by atoms with Gasteiger partial charge in [0.15, 0.2) is 0 Å². The van der Waals surface area contributed by atoms with Crippen LogP contribution in [0, 0.1) is 6.92 Å². The van der Waals surface area contributed by atoms with Crippen LogP contribution < -0.4 is 4.90 Å². The summed E-state index contributed by atoms with van der Waals surface area (Å²) in [5.74, 6) is 2.23. The van der Waals surface area contributed by atoms with E-state index in [4.69, 9.17) is 9.97 Å². The molecule has 3 rings (SSSR count). The van der Waals surface area contributed by atoms with Gasteiger partial charge in [-0.2, -0.15) is 0 Å². The Labute approximate surface area is 180 Å². The number of benzene rings is 1. The fourth-order valence-electron chi connectivity index (χ4n) is 3.95. The number of carbonyl (C=O) groups is 1. The number of aromatic nitrogens is 2. The molecule has 0 unspecified atom stereocenters. The van der Waals surface area contributed by atoms with Gasteiger partial charge in [0.2, 0.25) is 0 Å². The Morgan fingerprint density at radius 3 is 2.40 bits per heavy atom. The van der Waals surface area contributed by atoms with E-state index in [-0.39, 0.29) is 11.9 Å². The van der Waals surface area contributed by atoms with Crippen LogP contribution in [0.5, 0.6) is 0 Å². The molecule has 2 amide bonds. The van der Waals surface area contributed by atoms with Gasteiger partial charge < -0.3 is 14.7 Å². The quantitative estimate of drug-likeness (QED) is 0.752. The number of amides is 2. The van der Waals surface area contributed by atoms with Crippen LogP contribution in [0.15, 0.2) is 24.3 Å². The lowest BCUT2D eigenvalue weighted by Gasteiger charge is -2.37. The number of urea groups is 1. The van der Waals surface area contributed by atoms with Gasteiger partial charge in [0.25, 0.3) is 0 Å². The van der Waals surface area contributed by atoms with Crippen molar-refractivity contribution >= 4 is 11.8 Å². The van der Waals surface area contributed by atoms with E-state index in [2.05, 4.69) is 56.9 Å². The summed E-state index contributed by atoms with van der Waals surface area (Å²) in [6, 6.07) is 8.75. The average molecular weight is 410 g/mol. The third kappa shape index (κ3) is 4.91. The molecule has 0 atom stereocenters. The summed E-state index contributed by atoms with van der Waals surface area (Å²) in [4.78, 5) is 28.2. The van der Waals surface area contributed by atoms with Crippen molar-refractivity contribution in [3.05, 3.63) is 52.5 Å². The second-order valence-corrected chi connectivity index (χ2v) is 8.66. The topological polar surface area (TPSA) is 52.6 Å². The number of hydrogen-bond acceptors (Lipinski definition) is 4. The van der Waals surface area contributed by atoms with E-state index in [9.17, 15) is 4.79 Å². The number of rotatable bonds is 5. The first-order valence-corrected chi connectivity index (χ1v) is 11.0. The van der Waals surface area contributed by atoms with Crippen LogP contribution in [0.4, 0.5) is 10.6 Å². The molecule has 0 spiro atoms. The monoisotopic (exact) mass is 409 g/mol. The fourth-order valence-corrected chi connectivity index (χ4v) is 3.95. The maximum absolute atomic E-state index is 12.3. The Balaban J connectivity index is 1.95. The van der Waals surface area contributed by atoms with Crippen molar-refractivity contribution in [2.45, 2.75) is 46.5 Å². The number of hydrogen-bond donors (Lipinski definition) is 0. The van der Waals surface area contributed by atoms with E-state index in [1.165, 1.54) is 16.7 Å². The smallest absolute Gasteiger partial charge is 0.319 e. The molecule has 6 nitrogen and oxygen atoms in total. The molecule has 0 bridgehead atoms. The molecule has 1 aromatic heterocycles. The number of aryl methyl sites for hydroxylation is 2. The molecule has 0 aliphatic carbocycles. The van der Waals surface area contributed by atoms with Gasteiger partial charge in [0.05, 0.1) is 0 Å². The number of piperazine rings is 1. The molecule has 0 saturated carbocycles. The Bertz CT molecular complexity index is 885. The van der Waals surface area contributed by atoms with Crippen LogP contribution in [-0.2, 0) is 12.8 Å². The van der Waals surface area contributed by atoms with Crippen LogP contribution in [0.25, 0.3) is 0 Å².